The number of likely N-dealkylation sites (tertiary alicyclic amines) is 1. The molecule has 8 nitrogen and oxygen atoms in total. The van der Waals surface area contributed by atoms with Crippen LogP contribution in [0.25, 0.3) is 27.0 Å². The number of fused-ring (bicyclic) bond motifs is 1. The fourth-order valence-electron chi connectivity index (χ4n) is 6.10. The first-order valence-corrected chi connectivity index (χ1v) is 16.7. The number of rotatable bonds is 9. The first kappa shape index (κ1) is 30.7. The Balaban J connectivity index is 1.15. The summed E-state index contributed by atoms with van der Waals surface area (Å²) in [7, 11) is 0. The van der Waals surface area contributed by atoms with Crippen molar-refractivity contribution < 1.29 is 18.7 Å². The summed E-state index contributed by atoms with van der Waals surface area (Å²) < 4.78 is 28.1. The van der Waals surface area contributed by atoms with Crippen LogP contribution < -0.4 is 15.2 Å². The third-order valence-electron chi connectivity index (χ3n) is 8.76. The maximum Gasteiger partial charge on any atom is 0.214 e. The molecule has 0 atom stereocenters. The van der Waals surface area contributed by atoms with Crippen LogP contribution in [0.4, 0.5) is 10.2 Å². The van der Waals surface area contributed by atoms with Gasteiger partial charge in [-0.25, -0.2) is 9.07 Å². The van der Waals surface area contributed by atoms with Gasteiger partial charge in [-0.1, -0.05) is 18.2 Å². The molecule has 3 aromatic carbocycles. The maximum atomic E-state index is 14.1. The second-order valence-electron chi connectivity index (χ2n) is 12.2. The number of piperidine rings is 1. The van der Waals surface area contributed by atoms with Gasteiger partial charge in [0.2, 0.25) is 5.78 Å². The lowest BCUT2D eigenvalue weighted by atomic mass is 10.1. The smallest absolute Gasteiger partial charge is 0.214 e. The molecular formula is C37H36FN5O3S. The van der Waals surface area contributed by atoms with Crippen LogP contribution in [0.2, 0.25) is 0 Å². The van der Waals surface area contributed by atoms with Gasteiger partial charge in [-0.2, -0.15) is 5.10 Å². The molecule has 1 saturated heterocycles. The van der Waals surface area contributed by atoms with Crippen molar-refractivity contribution in [1.82, 2.24) is 19.7 Å². The Morgan fingerprint density at radius 3 is 2.55 bits per heavy atom. The zero-order valence-corrected chi connectivity index (χ0v) is 27.3. The van der Waals surface area contributed by atoms with Crippen LogP contribution in [0.1, 0.15) is 48.3 Å². The minimum atomic E-state index is -0.443. The topological polar surface area (TPSA) is 98.4 Å². The summed E-state index contributed by atoms with van der Waals surface area (Å²) in [6.45, 7) is 8.35. The number of thiophene rings is 1. The van der Waals surface area contributed by atoms with E-state index in [2.05, 4.69) is 46.3 Å². The number of anilines is 1. The monoisotopic (exact) mass is 649 g/mol. The van der Waals surface area contributed by atoms with Crippen LogP contribution in [-0.2, 0) is 0 Å². The van der Waals surface area contributed by atoms with Crippen LogP contribution >= 0.6 is 11.3 Å². The molecule has 1 fully saturated rings. The molecule has 0 unspecified atom stereocenters. The summed E-state index contributed by atoms with van der Waals surface area (Å²) in [5, 5.41) is 7.37. The predicted octanol–water partition coefficient (Wildman–Crippen LogP) is 8.39. The Hall–Kier alpha value is -4.93. The molecule has 1 aliphatic rings. The third-order valence-corrected chi connectivity index (χ3v) is 9.67. The van der Waals surface area contributed by atoms with Crippen molar-refractivity contribution in [2.45, 2.75) is 45.8 Å². The molecule has 6 aromatic rings. The fraction of sp³-hybridized carbons (Fsp3) is 0.243. The van der Waals surface area contributed by atoms with Crippen LogP contribution in [0, 0.1) is 12.7 Å². The number of aromatic nitrogens is 3. The number of hydrogen-bond donors (Lipinski definition) is 2. The number of carbonyl (C=O) groups is 1. The van der Waals surface area contributed by atoms with Crippen molar-refractivity contribution in [3.8, 4) is 33.4 Å². The molecule has 7 rings (SSSR count). The Bertz CT molecular complexity index is 2060. The zero-order chi connectivity index (χ0) is 32.7. The Morgan fingerprint density at radius 2 is 1.83 bits per heavy atom. The molecule has 0 aliphatic carbocycles. The first-order valence-electron chi connectivity index (χ1n) is 15.8. The average molecular weight is 650 g/mol. The van der Waals surface area contributed by atoms with E-state index in [1.54, 1.807) is 41.7 Å². The number of ether oxygens (including phenoxy) is 2. The van der Waals surface area contributed by atoms with E-state index in [0.29, 0.717) is 23.2 Å². The zero-order valence-electron chi connectivity index (χ0n) is 26.5. The summed E-state index contributed by atoms with van der Waals surface area (Å²) in [6.07, 6.45) is 3.56. The number of halogens is 1. The largest absolute Gasteiger partial charge is 0.490 e. The second-order valence-corrected chi connectivity index (χ2v) is 13.2. The van der Waals surface area contributed by atoms with Gasteiger partial charge >= 0.3 is 0 Å². The molecule has 0 saturated carbocycles. The van der Waals surface area contributed by atoms with Crippen molar-refractivity contribution in [2.24, 2.45) is 0 Å². The van der Waals surface area contributed by atoms with Crippen LogP contribution in [0.5, 0.6) is 17.2 Å². The van der Waals surface area contributed by atoms with E-state index in [0.717, 1.165) is 58.6 Å². The number of nitrogens with zero attached hydrogens (tertiary/aromatic N) is 3. The molecular weight excluding hydrogens is 614 g/mol. The summed E-state index contributed by atoms with van der Waals surface area (Å²) >= 11 is 1.66. The summed E-state index contributed by atoms with van der Waals surface area (Å²) in [6, 6.07) is 22.2. The Morgan fingerprint density at radius 1 is 1.02 bits per heavy atom. The highest BCUT2D eigenvalue weighted by Crippen LogP contribution is 2.39. The maximum absolute atomic E-state index is 14.1. The van der Waals surface area contributed by atoms with E-state index < -0.39 is 5.82 Å². The molecule has 240 valence electrons. The second kappa shape index (κ2) is 12.7. The van der Waals surface area contributed by atoms with Gasteiger partial charge in [0.05, 0.1) is 23.1 Å². The van der Waals surface area contributed by atoms with Gasteiger partial charge in [-0.05, 0) is 99.2 Å². The number of benzene rings is 3. The van der Waals surface area contributed by atoms with Gasteiger partial charge in [0.1, 0.15) is 23.4 Å². The molecule has 0 radical (unpaired) electrons. The van der Waals surface area contributed by atoms with E-state index in [9.17, 15) is 9.18 Å². The van der Waals surface area contributed by atoms with Gasteiger partial charge in [0.25, 0.3) is 0 Å². The number of aromatic amines is 1. The lowest BCUT2D eigenvalue weighted by molar-refractivity contribution is 0.0848. The first-order chi connectivity index (χ1) is 22.7. The van der Waals surface area contributed by atoms with Gasteiger partial charge in [-0.3, -0.25) is 4.79 Å². The number of carbonyl (C=O) groups excluding carboxylic acids is 1. The van der Waals surface area contributed by atoms with Gasteiger partial charge in [0.15, 0.2) is 11.6 Å². The minimum absolute atomic E-state index is 0.135. The van der Waals surface area contributed by atoms with E-state index in [-0.39, 0.29) is 29.0 Å². The van der Waals surface area contributed by atoms with Crippen LogP contribution in [-0.4, -0.2) is 50.7 Å². The number of hydrogen-bond acceptors (Lipinski definition) is 7. The molecule has 0 bridgehead atoms. The summed E-state index contributed by atoms with van der Waals surface area (Å²) in [5.41, 5.74) is 10.5. The predicted molar refractivity (Wildman–Crippen MR) is 185 cm³/mol. The highest BCUT2D eigenvalue weighted by atomic mass is 32.1. The van der Waals surface area contributed by atoms with Crippen molar-refractivity contribution in [1.29, 1.82) is 0 Å². The number of para-hydroxylation sites is 1. The molecule has 1 aliphatic heterocycles. The van der Waals surface area contributed by atoms with E-state index >= 15 is 0 Å². The van der Waals surface area contributed by atoms with Gasteiger partial charge in [0, 0.05) is 40.5 Å². The van der Waals surface area contributed by atoms with Gasteiger partial charge < -0.3 is 25.1 Å². The lowest BCUT2D eigenvalue weighted by Gasteiger charge is -2.34. The number of aryl methyl sites for hydroxylation is 1. The standard InChI is InChI=1S/C37H36FN5O3S/c1-22(2)42-14-12-26(13-15-42)45-34-19-24-18-31(41-30(24)20-27(34)35-9-6-16-47-35)36(44)28-21-40-43(37(28)39)25-10-11-32(23(3)17-25)46-33-8-5-4-7-29(33)38/h4-11,16-22,26,41H,12-15,39H2,1-3H3. The Labute approximate surface area is 276 Å². The normalized spacial score (nSPS) is 14.2. The van der Waals surface area contributed by atoms with Crippen molar-refractivity contribution in [2.75, 3.05) is 18.8 Å². The molecule has 10 heteroatoms. The van der Waals surface area contributed by atoms with E-state index in [4.69, 9.17) is 15.2 Å². The quantitative estimate of drug-likeness (QED) is 0.153. The lowest BCUT2D eigenvalue weighted by Crippen LogP contribution is -2.41. The van der Waals surface area contributed by atoms with Crippen molar-refractivity contribution >= 4 is 33.8 Å². The van der Waals surface area contributed by atoms with Crippen molar-refractivity contribution in [3.63, 3.8) is 0 Å². The molecule has 4 heterocycles. The highest BCUT2D eigenvalue weighted by Gasteiger charge is 2.25. The highest BCUT2D eigenvalue weighted by molar-refractivity contribution is 7.13. The molecule has 0 amide bonds. The third kappa shape index (κ3) is 6.14. The molecule has 0 spiro atoms. The Kier molecular flexibility index (Phi) is 8.30. The van der Waals surface area contributed by atoms with Crippen LogP contribution in [0.15, 0.2) is 84.4 Å². The number of nitrogens with two attached hydrogens (primary N) is 1. The number of ketones is 1. The number of H-pyrrole nitrogens is 1. The molecule has 47 heavy (non-hydrogen) atoms. The SMILES string of the molecule is Cc1cc(-n2ncc(C(=O)c3cc4cc(OC5CCN(C(C)C)CC5)c(-c5cccs5)cc4[nH]3)c2N)ccc1Oc1ccccc1F. The van der Waals surface area contributed by atoms with E-state index in [1.165, 1.54) is 16.9 Å². The summed E-state index contributed by atoms with van der Waals surface area (Å²) in [4.78, 5) is 20.7. The number of nitrogen functional groups attached to an aromatic ring is 1. The molecule has 3 N–H and O–H groups in total. The van der Waals surface area contributed by atoms with Crippen LogP contribution in [0.3, 0.4) is 0 Å². The minimum Gasteiger partial charge on any atom is -0.490 e. The average Bonchev–Trinajstić information content (AvgIpc) is 3.83. The molecule has 3 aromatic heterocycles. The fourth-order valence-corrected chi connectivity index (χ4v) is 6.85. The van der Waals surface area contributed by atoms with Gasteiger partial charge in [-0.15, -0.1) is 11.3 Å². The number of nitrogens with one attached hydrogen (secondary N) is 1. The van der Waals surface area contributed by atoms with Crippen molar-refractivity contribution in [3.05, 3.63) is 107 Å². The van der Waals surface area contributed by atoms with E-state index in [1.807, 2.05) is 31.2 Å². The summed E-state index contributed by atoms with van der Waals surface area (Å²) in [5.74, 6) is 0.980.